The zero-order chi connectivity index (χ0) is 7.68. The van der Waals surface area contributed by atoms with Crippen LogP contribution >= 0.6 is 0 Å². The SMILES string of the molecule is Cc1ccc(CC2NN2)cc1. The molecule has 58 valence electrons. The van der Waals surface area contributed by atoms with Gasteiger partial charge in [-0.05, 0) is 12.5 Å². The molecule has 0 unspecified atom stereocenters. The topological polar surface area (TPSA) is 43.9 Å². The first-order valence-corrected chi connectivity index (χ1v) is 3.91. The molecule has 0 atom stereocenters. The van der Waals surface area contributed by atoms with Crippen LogP contribution in [-0.4, -0.2) is 6.17 Å². The maximum absolute atomic E-state index is 3.05. The summed E-state index contributed by atoms with van der Waals surface area (Å²) in [5.41, 5.74) is 8.81. The molecule has 1 aliphatic heterocycles. The van der Waals surface area contributed by atoms with Crippen LogP contribution in [0.5, 0.6) is 0 Å². The summed E-state index contributed by atoms with van der Waals surface area (Å²) >= 11 is 0. The van der Waals surface area contributed by atoms with Gasteiger partial charge in [0.2, 0.25) is 0 Å². The van der Waals surface area contributed by atoms with Crippen molar-refractivity contribution >= 4 is 0 Å². The fourth-order valence-electron chi connectivity index (χ4n) is 1.12. The molecule has 0 saturated carbocycles. The molecule has 0 bridgehead atoms. The summed E-state index contributed by atoms with van der Waals surface area (Å²) in [5, 5.41) is 0. The summed E-state index contributed by atoms with van der Waals surface area (Å²) in [6.07, 6.45) is 1.60. The number of hydrazine groups is 1. The van der Waals surface area contributed by atoms with E-state index in [0.29, 0.717) is 6.17 Å². The number of nitrogens with one attached hydrogen (secondary N) is 2. The number of rotatable bonds is 2. The van der Waals surface area contributed by atoms with E-state index in [1.54, 1.807) is 0 Å². The third kappa shape index (κ3) is 1.79. The molecule has 2 nitrogen and oxygen atoms in total. The van der Waals surface area contributed by atoms with Gasteiger partial charge in [0.15, 0.2) is 0 Å². The van der Waals surface area contributed by atoms with E-state index in [0.717, 1.165) is 6.42 Å². The van der Waals surface area contributed by atoms with Gasteiger partial charge in [-0.3, -0.25) is 0 Å². The molecule has 11 heavy (non-hydrogen) atoms. The Morgan fingerprint density at radius 2 is 1.82 bits per heavy atom. The van der Waals surface area contributed by atoms with Crippen LogP contribution in [0.25, 0.3) is 0 Å². The van der Waals surface area contributed by atoms with E-state index in [4.69, 9.17) is 0 Å². The van der Waals surface area contributed by atoms with Gasteiger partial charge in [0.1, 0.15) is 0 Å². The molecule has 1 saturated heterocycles. The van der Waals surface area contributed by atoms with Gasteiger partial charge in [0.05, 0.1) is 6.17 Å². The number of hydrogen-bond acceptors (Lipinski definition) is 2. The van der Waals surface area contributed by atoms with E-state index in [9.17, 15) is 0 Å². The van der Waals surface area contributed by atoms with Gasteiger partial charge in [-0.15, -0.1) is 0 Å². The molecule has 1 aromatic rings. The summed E-state index contributed by atoms with van der Waals surface area (Å²) in [6.45, 7) is 2.11. The Labute approximate surface area is 66.6 Å². The van der Waals surface area contributed by atoms with Crippen LogP contribution in [-0.2, 0) is 6.42 Å². The molecule has 1 heterocycles. The second kappa shape index (κ2) is 2.64. The van der Waals surface area contributed by atoms with Crippen molar-refractivity contribution in [3.63, 3.8) is 0 Å². The highest BCUT2D eigenvalue weighted by Crippen LogP contribution is 2.07. The summed E-state index contributed by atoms with van der Waals surface area (Å²) in [4.78, 5) is 0. The van der Waals surface area contributed by atoms with Gasteiger partial charge < -0.3 is 0 Å². The maximum atomic E-state index is 3.05. The smallest absolute Gasteiger partial charge is 0.0873 e. The van der Waals surface area contributed by atoms with Gasteiger partial charge >= 0.3 is 0 Å². The van der Waals surface area contributed by atoms with E-state index < -0.39 is 0 Å². The Morgan fingerprint density at radius 1 is 1.18 bits per heavy atom. The lowest BCUT2D eigenvalue weighted by atomic mass is 10.1. The molecule has 0 amide bonds. The summed E-state index contributed by atoms with van der Waals surface area (Å²) < 4.78 is 0. The van der Waals surface area contributed by atoms with Crippen molar-refractivity contribution < 1.29 is 0 Å². The molecule has 0 aliphatic carbocycles. The average molecular weight is 148 g/mol. The first-order chi connectivity index (χ1) is 5.34. The zero-order valence-corrected chi connectivity index (χ0v) is 6.59. The predicted molar refractivity (Wildman–Crippen MR) is 44.9 cm³/mol. The minimum absolute atomic E-state index is 0.512. The molecule has 2 heteroatoms. The fraction of sp³-hybridized carbons (Fsp3) is 0.333. The van der Waals surface area contributed by atoms with Gasteiger partial charge in [-0.1, -0.05) is 29.8 Å². The maximum Gasteiger partial charge on any atom is 0.0873 e. The third-order valence-corrected chi connectivity index (χ3v) is 1.91. The van der Waals surface area contributed by atoms with Crippen LogP contribution < -0.4 is 10.9 Å². The highest BCUT2D eigenvalue weighted by atomic mass is 15.6. The van der Waals surface area contributed by atoms with Crippen LogP contribution in [0.3, 0.4) is 0 Å². The second-order valence-electron chi connectivity index (χ2n) is 3.03. The molecule has 0 aromatic heterocycles. The second-order valence-corrected chi connectivity index (χ2v) is 3.03. The van der Waals surface area contributed by atoms with Crippen molar-refractivity contribution in [2.75, 3.05) is 0 Å². The van der Waals surface area contributed by atoms with Gasteiger partial charge in [-0.25, -0.2) is 10.9 Å². The van der Waals surface area contributed by atoms with Crippen LogP contribution in [0, 0.1) is 6.92 Å². The molecule has 2 rings (SSSR count). The molecule has 2 N–H and O–H groups in total. The molecule has 0 spiro atoms. The molecular formula is C9H12N2. The third-order valence-electron chi connectivity index (χ3n) is 1.91. The van der Waals surface area contributed by atoms with Crippen molar-refractivity contribution in [2.45, 2.75) is 19.5 Å². The molecule has 1 aliphatic rings. The van der Waals surface area contributed by atoms with Crippen LogP contribution in [0.1, 0.15) is 11.1 Å². The quantitative estimate of drug-likeness (QED) is 0.614. The lowest BCUT2D eigenvalue weighted by Crippen LogP contribution is -1.97. The van der Waals surface area contributed by atoms with Crippen molar-refractivity contribution in [1.29, 1.82) is 0 Å². The normalized spacial score (nSPS) is 16.8. The van der Waals surface area contributed by atoms with E-state index >= 15 is 0 Å². The first kappa shape index (κ1) is 6.83. The number of aryl methyl sites for hydroxylation is 1. The minimum Gasteiger partial charge on any atom is -0.238 e. The standard InChI is InChI=1S/C9H12N2/c1-7-2-4-8(5-3-7)6-9-10-11-9/h2-5,9-11H,6H2,1H3. The minimum atomic E-state index is 0.512. The average Bonchev–Trinajstić information content (AvgIpc) is 2.78. The summed E-state index contributed by atoms with van der Waals surface area (Å²) in [7, 11) is 0. The highest BCUT2D eigenvalue weighted by molar-refractivity contribution is 5.22. The van der Waals surface area contributed by atoms with E-state index in [1.165, 1.54) is 11.1 Å². The number of benzene rings is 1. The summed E-state index contributed by atoms with van der Waals surface area (Å²) in [5.74, 6) is 0. The largest absolute Gasteiger partial charge is 0.238 e. The molecule has 0 radical (unpaired) electrons. The Bertz CT molecular complexity index is 236. The van der Waals surface area contributed by atoms with Crippen molar-refractivity contribution in [3.05, 3.63) is 35.4 Å². The van der Waals surface area contributed by atoms with Gasteiger partial charge in [0.25, 0.3) is 0 Å². The lowest BCUT2D eigenvalue weighted by molar-refractivity contribution is 0.910. The fourth-order valence-corrected chi connectivity index (χ4v) is 1.12. The van der Waals surface area contributed by atoms with Crippen LogP contribution in [0.15, 0.2) is 24.3 Å². The van der Waals surface area contributed by atoms with Gasteiger partial charge in [-0.2, -0.15) is 0 Å². The van der Waals surface area contributed by atoms with Crippen LogP contribution in [0.2, 0.25) is 0 Å². The highest BCUT2D eigenvalue weighted by Gasteiger charge is 2.18. The zero-order valence-electron chi connectivity index (χ0n) is 6.59. The van der Waals surface area contributed by atoms with Crippen molar-refractivity contribution in [2.24, 2.45) is 0 Å². The van der Waals surface area contributed by atoms with E-state index in [1.807, 2.05) is 0 Å². The van der Waals surface area contributed by atoms with E-state index in [-0.39, 0.29) is 0 Å². The molecular weight excluding hydrogens is 136 g/mol. The Hall–Kier alpha value is -0.860. The van der Waals surface area contributed by atoms with Crippen molar-refractivity contribution in [1.82, 2.24) is 10.9 Å². The molecule has 1 aromatic carbocycles. The predicted octanol–water partition coefficient (Wildman–Crippen LogP) is 0.971. The Balaban J connectivity index is 2.06. The molecule has 1 fully saturated rings. The van der Waals surface area contributed by atoms with Gasteiger partial charge in [0, 0.05) is 6.42 Å². The summed E-state index contributed by atoms with van der Waals surface area (Å²) in [6, 6.07) is 8.66. The number of hydrogen-bond donors (Lipinski definition) is 2. The van der Waals surface area contributed by atoms with E-state index in [2.05, 4.69) is 42.0 Å². The Morgan fingerprint density at radius 3 is 2.36 bits per heavy atom. The Kier molecular flexibility index (Phi) is 1.64. The monoisotopic (exact) mass is 148 g/mol. The van der Waals surface area contributed by atoms with Crippen molar-refractivity contribution in [3.8, 4) is 0 Å². The first-order valence-electron chi connectivity index (χ1n) is 3.91. The van der Waals surface area contributed by atoms with Crippen LogP contribution in [0.4, 0.5) is 0 Å². The lowest BCUT2D eigenvalue weighted by Gasteiger charge is -1.97.